The van der Waals surface area contributed by atoms with Crippen LogP contribution in [0.1, 0.15) is 31.4 Å². The number of ether oxygens (including phenoxy) is 1. The van der Waals surface area contributed by atoms with E-state index in [1.807, 2.05) is 30.3 Å². The van der Waals surface area contributed by atoms with E-state index < -0.39 is 0 Å². The van der Waals surface area contributed by atoms with Crippen molar-refractivity contribution >= 4 is 5.78 Å². The van der Waals surface area contributed by atoms with Crippen molar-refractivity contribution in [2.75, 3.05) is 6.61 Å². The van der Waals surface area contributed by atoms with E-state index in [0.717, 1.165) is 18.4 Å². The first-order chi connectivity index (χ1) is 7.33. The minimum absolute atomic E-state index is 0.184. The molecule has 2 unspecified atom stereocenters. The Kier molecular flexibility index (Phi) is 3.17. The summed E-state index contributed by atoms with van der Waals surface area (Å²) in [6.07, 6.45) is 1.47. The van der Waals surface area contributed by atoms with E-state index in [1.54, 1.807) is 0 Å². The van der Waals surface area contributed by atoms with E-state index in [-0.39, 0.29) is 17.8 Å². The summed E-state index contributed by atoms with van der Waals surface area (Å²) in [7, 11) is 0. The molecule has 1 aromatic rings. The maximum atomic E-state index is 12.0. The predicted molar refractivity (Wildman–Crippen MR) is 58.5 cm³/mol. The Hall–Kier alpha value is -1.15. The van der Waals surface area contributed by atoms with Crippen LogP contribution in [0, 0.1) is 5.92 Å². The topological polar surface area (TPSA) is 26.3 Å². The Bertz CT molecular complexity index is 332. The fourth-order valence-corrected chi connectivity index (χ4v) is 2.06. The van der Waals surface area contributed by atoms with Crippen LogP contribution in [-0.4, -0.2) is 12.4 Å². The molecular formula is C13H16O2. The molecular weight excluding hydrogens is 188 g/mol. The van der Waals surface area contributed by atoms with Gasteiger partial charge in [-0.2, -0.15) is 0 Å². The number of hydrogen-bond acceptors (Lipinski definition) is 2. The van der Waals surface area contributed by atoms with Crippen LogP contribution in [0.15, 0.2) is 30.3 Å². The quantitative estimate of drug-likeness (QED) is 0.740. The average Bonchev–Trinajstić information content (AvgIpc) is 2.30. The third-order valence-corrected chi connectivity index (χ3v) is 3.01. The fourth-order valence-electron chi connectivity index (χ4n) is 2.06. The summed E-state index contributed by atoms with van der Waals surface area (Å²) in [5.41, 5.74) is 0.987. The molecule has 1 heterocycles. The molecule has 0 spiro atoms. The monoisotopic (exact) mass is 204 g/mol. The van der Waals surface area contributed by atoms with Crippen LogP contribution in [0.2, 0.25) is 0 Å². The van der Waals surface area contributed by atoms with E-state index in [9.17, 15) is 4.79 Å². The van der Waals surface area contributed by atoms with Crippen LogP contribution >= 0.6 is 0 Å². The Labute approximate surface area is 90.3 Å². The van der Waals surface area contributed by atoms with E-state index in [4.69, 9.17) is 4.74 Å². The van der Waals surface area contributed by atoms with E-state index in [0.29, 0.717) is 6.61 Å². The molecule has 0 aromatic heterocycles. The van der Waals surface area contributed by atoms with Crippen molar-refractivity contribution in [3.63, 3.8) is 0 Å². The van der Waals surface area contributed by atoms with E-state index in [1.165, 1.54) is 0 Å². The molecule has 0 saturated carbocycles. The van der Waals surface area contributed by atoms with Crippen molar-refractivity contribution in [3.8, 4) is 0 Å². The summed E-state index contributed by atoms with van der Waals surface area (Å²) in [5.74, 6) is 0.430. The smallest absolute Gasteiger partial charge is 0.169 e. The van der Waals surface area contributed by atoms with E-state index >= 15 is 0 Å². The number of carbonyl (C=O) groups excluding carboxylic acids is 1. The van der Waals surface area contributed by atoms with Gasteiger partial charge in [0.15, 0.2) is 5.78 Å². The SMILES string of the molecule is CCC1CCOC(c2ccccc2)C1=O. The standard InChI is InChI=1S/C13H16O2/c1-2-10-8-9-15-13(12(10)14)11-6-4-3-5-7-11/h3-7,10,13H,2,8-9H2,1H3. The van der Waals surface area contributed by atoms with Crippen LogP contribution < -0.4 is 0 Å². The molecule has 1 aromatic carbocycles. The molecule has 15 heavy (non-hydrogen) atoms. The molecule has 2 rings (SSSR count). The Balaban J connectivity index is 2.19. The van der Waals surface area contributed by atoms with Crippen LogP contribution in [-0.2, 0) is 9.53 Å². The maximum absolute atomic E-state index is 12.0. The highest BCUT2D eigenvalue weighted by Crippen LogP contribution is 2.29. The van der Waals surface area contributed by atoms with Gasteiger partial charge < -0.3 is 4.74 Å². The number of carbonyl (C=O) groups is 1. The highest BCUT2D eigenvalue weighted by Gasteiger charge is 2.31. The molecule has 0 radical (unpaired) electrons. The molecule has 1 aliphatic rings. The molecule has 1 aliphatic heterocycles. The van der Waals surface area contributed by atoms with Crippen molar-refractivity contribution < 1.29 is 9.53 Å². The molecule has 2 nitrogen and oxygen atoms in total. The first-order valence-electron chi connectivity index (χ1n) is 5.53. The maximum Gasteiger partial charge on any atom is 0.169 e. The summed E-state index contributed by atoms with van der Waals surface area (Å²) in [6, 6.07) is 9.76. The van der Waals surface area contributed by atoms with Crippen LogP contribution in [0.4, 0.5) is 0 Å². The molecule has 2 heteroatoms. The first-order valence-corrected chi connectivity index (χ1v) is 5.53. The Morgan fingerprint density at radius 3 is 2.73 bits per heavy atom. The van der Waals surface area contributed by atoms with Gasteiger partial charge in [0.1, 0.15) is 6.10 Å². The van der Waals surface area contributed by atoms with Crippen LogP contribution in [0.25, 0.3) is 0 Å². The average molecular weight is 204 g/mol. The number of benzene rings is 1. The molecule has 1 fully saturated rings. The van der Waals surface area contributed by atoms with Gasteiger partial charge in [0.25, 0.3) is 0 Å². The molecule has 80 valence electrons. The van der Waals surface area contributed by atoms with Crippen LogP contribution in [0.5, 0.6) is 0 Å². The first kappa shape index (κ1) is 10.4. The van der Waals surface area contributed by atoms with E-state index in [2.05, 4.69) is 6.92 Å². The summed E-state index contributed by atoms with van der Waals surface area (Å²) >= 11 is 0. The molecule has 0 aliphatic carbocycles. The number of rotatable bonds is 2. The third-order valence-electron chi connectivity index (χ3n) is 3.01. The van der Waals surface area contributed by atoms with Crippen molar-refractivity contribution in [2.45, 2.75) is 25.9 Å². The lowest BCUT2D eigenvalue weighted by atomic mass is 9.89. The Morgan fingerprint density at radius 1 is 1.33 bits per heavy atom. The highest BCUT2D eigenvalue weighted by molar-refractivity contribution is 5.87. The lowest BCUT2D eigenvalue weighted by Crippen LogP contribution is -2.30. The lowest BCUT2D eigenvalue weighted by molar-refractivity contribution is -0.142. The second-order valence-electron chi connectivity index (χ2n) is 3.96. The van der Waals surface area contributed by atoms with Gasteiger partial charge >= 0.3 is 0 Å². The van der Waals surface area contributed by atoms with Gasteiger partial charge in [0, 0.05) is 12.5 Å². The van der Waals surface area contributed by atoms with Gasteiger partial charge in [-0.3, -0.25) is 4.79 Å². The Morgan fingerprint density at radius 2 is 2.07 bits per heavy atom. The molecule has 0 bridgehead atoms. The zero-order valence-corrected chi connectivity index (χ0v) is 8.98. The third kappa shape index (κ3) is 2.10. The van der Waals surface area contributed by atoms with Crippen LogP contribution in [0.3, 0.4) is 0 Å². The van der Waals surface area contributed by atoms with Crippen molar-refractivity contribution in [1.29, 1.82) is 0 Å². The zero-order chi connectivity index (χ0) is 10.7. The number of Topliss-reactive ketones (excluding diaryl/α,β-unsaturated/α-hetero) is 1. The minimum Gasteiger partial charge on any atom is -0.366 e. The van der Waals surface area contributed by atoms with Crippen molar-refractivity contribution in [3.05, 3.63) is 35.9 Å². The fraction of sp³-hybridized carbons (Fsp3) is 0.462. The normalized spacial score (nSPS) is 26.6. The van der Waals surface area contributed by atoms with Gasteiger partial charge in [-0.05, 0) is 18.4 Å². The highest BCUT2D eigenvalue weighted by atomic mass is 16.5. The largest absolute Gasteiger partial charge is 0.366 e. The van der Waals surface area contributed by atoms with Gasteiger partial charge in [-0.25, -0.2) is 0 Å². The minimum atomic E-state index is -0.329. The molecule has 2 atom stereocenters. The summed E-state index contributed by atoms with van der Waals surface area (Å²) in [4.78, 5) is 12.0. The zero-order valence-electron chi connectivity index (χ0n) is 8.98. The van der Waals surface area contributed by atoms with Gasteiger partial charge in [-0.1, -0.05) is 37.3 Å². The van der Waals surface area contributed by atoms with Crippen molar-refractivity contribution in [2.24, 2.45) is 5.92 Å². The second kappa shape index (κ2) is 4.58. The van der Waals surface area contributed by atoms with Gasteiger partial charge in [0.05, 0.1) is 0 Å². The lowest BCUT2D eigenvalue weighted by Gasteiger charge is -2.27. The van der Waals surface area contributed by atoms with Gasteiger partial charge in [0.2, 0.25) is 0 Å². The number of hydrogen-bond donors (Lipinski definition) is 0. The molecule has 0 N–H and O–H groups in total. The predicted octanol–water partition coefficient (Wildman–Crippen LogP) is 2.74. The molecule has 0 amide bonds. The summed E-state index contributed by atoms with van der Waals surface area (Å²) in [6.45, 7) is 2.76. The van der Waals surface area contributed by atoms with Gasteiger partial charge in [-0.15, -0.1) is 0 Å². The molecule has 1 saturated heterocycles. The summed E-state index contributed by atoms with van der Waals surface area (Å²) < 4.78 is 5.56. The second-order valence-corrected chi connectivity index (χ2v) is 3.96. The summed E-state index contributed by atoms with van der Waals surface area (Å²) in [5, 5.41) is 0. The van der Waals surface area contributed by atoms with Crippen molar-refractivity contribution in [1.82, 2.24) is 0 Å². The number of ketones is 1.